The zero-order valence-corrected chi connectivity index (χ0v) is 35.3. The van der Waals surface area contributed by atoms with Crippen molar-refractivity contribution < 1.29 is 43.0 Å². The number of unbranched alkanes of at least 4 members (excludes halogenated alkanes) is 16. The quantitative estimate of drug-likeness (QED) is 0.0242. The summed E-state index contributed by atoms with van der Waals surface area (Å²) in [5.74, 6) is -0.132. The Balaban J connectivity index is 3.99. The highest BCUT2D eigenvalue weighted by Crippen LogP contribution is 2.36. The van der Waals surface area contributed by atoms with Crippen LogP contribution in [0, 0.1) is 5.92 Å². The Labute approximate surface area is 329 Å². The van der Waals surface area contributed by atoms with E-state index in [1.165, 1.54) is 83.5 Å². The predicted molar refractivity (Wildman–Crippen MR) is 222 cm³/mol. The van der Waals surface area contributed by atoms with E-state index >= 15 is 0 Å². The molecule has 0 aromatic heterocycles. The highest BCUT2D eigenvalue weighted by Gasteiger charge is 2.22. The summed E-state index contributed by atoms with van der Waals surface area (Å²) in [5.41, 5.74) is 0. The van der Waals surface area contributed by atoms with E-state index in [2.05, 4.69) is 54.8 Å². The van der Waals surface area contributed by atoms with Crippen LogP contribution in [0.5, 0.6) is 0 Å². The van der Waals surface area contributed by atoms with E-state index in [9.17, 15) is 19.3 Å². The lowest BCUT2D eigenvalue weighted by molar-refractivity contribution is -0.161. The highest BCUT2D eigenvalue weighted by molar-refractivity contribution is 7.46. The maximum atomic E-state index is 12.4. The van der Waals surface area contributed by atoms with Crippen molar-refractivity contribution >= 4 is 19.8 Å². The van der Waals surface area contributed by atoms with Gasteiger partial charge in [0.15, 0.2) is 6.10 Å². The lowest BCUT2D eigenvalue weighted by atomic mass is 10.0. The first-order valence-corrected chi connectivity index (χ1v) is 22.9. The molecule has 0 rings (SSSR count). The Bertz CT molecular complexity index is 1040. The van der Waals surface area contributed by atoms with Crippen molar-refractivity contribution in [3.05, 3.63) is 48.6 Å². The van der Waals surface area contributed by atoms with Gasteiger partial charge in [-0.2, -0.15) is 0 Å². The van der Waals surface area contributed by atoms with Gasteiger partial charge in [-0.15, -0.1) is 0 Å². The third-order valence-corrected chi connectivity index (χ3v) is 9.53. The number of esters is 2. The first-order valence-electron chi connectivity index (χ1n) is 21.3. The summed E-state index contributed by atoms with van der Waals surface area (Å²) in [6.07, 6.45) is 42.6. The monoisotopic (exact) mass is 783 g/mol. The van der Waals surface area contributed by atoms with E-state index in [-0.39, 0.29) is 25.6 Å². The van der Waals surface area contributed by atoms with Crippen LogP contribution in [0.1, 0.15) is 188 Å². The second kappa shape index (κ2) is 37.9. The van der Waals surface area contributed by atoms with Crippen LogP contribution in [0.4, 0.5) is 0 Å². The molecule has 0 aliphatic rings. The molecule has 0 saturated heterocycles. The molecule has 54 heavy (non-hydrogen) atoms. The number of carbonyl (C=O) groups excluding carboxylic acids is 2. The Morgan fingerprint density at radius 2 is 0.963 bits per heavy atom. The van der Waals surface area contributed by atoms with Gasteiger partial charge in [0.05, 0.1) is 12.7 Å². The van der Waals surface area contributed by atoms with Gasteiger partial charge in [-0.1, -0.05) is 159 Å². The van der Waals surface area contributed by atoms with Gasteiger partial charge < -0.3 is 24.4 Å². The van der Waals surface area contributed by atoms with Crippen molar-refractivity contribution in [1.82, 2.24) is 0 Å². The van der Waals surface area contributed by atoms with Crippen LogP contribution < -0.4 is 0 Å². The molecular weight excluding hydrogens is 703 g/mol. The first kappa shape index (κ1) is 52.0. The number of phosphoric acid groups is 1. The van der Waals surface area contributed by atoms with Crippen LogP contribution in [0.25, 0.3) is 0 Å². The number of hydrogen-bond donors (Lipinski definition) is 3. The third-order valence-electron chi connectivity index (χ3n) is 9.05. The van der Waals surface area contributed by atoms with E-state index in [0.717, 1.165) is 57.3 Å². The summed E-state index contributed by atoms with van der Waals surface area (Å²) in [6, 6.07) is 0. The lowest BCUT2D eigenvalue weighted by Gasteiger charge is -2.18. The minimum absolute atomic E-state index is 0.124. The van der Waals surface area contributed by atoms with Gasteiger partial charge in [-0.25, -0.2) is 4.57 Å². The number of ether oxygens (including phenoxy) is 2. The van der Waals surface area contributed by atoms with Crippen LogP contribution in [-0.4, -0.2) is 52.3 Å². The van der Waals surface area contributed by atoms with Gasteiger partial charge in [0.25, 0.3) is 0 Å². The Morgan fingerprint density at radius 1 is 0.537 bits per heavy atom. The summed E-state index contributed by atoms with van der Waals surface area (Å²) in [7, 11) is -4.78. The number of rotatable bonds is 38. The highest BCUT2D eigenvalue weighted by atomic mass is 31.2. The number of carbonyl (C=O) groups is 2. The van der Waals surface area contributed by atoms with E-state index in [1.807, 2.05) is 19.1 Å². The summed E-state index contributed by atoms with van der Waals surface area (Å²) >= 11 is 0. The summed E-state index contributed by atoms with van der Waals surface area (Å²) in [4.78, 5) is 42.8. The first-order chi connectivity index (χ1) is 26.0. The van der Waals surface area contributed by atoms with E-state index in [0.29, 0.717) is 19.3 Å². The Kier molecular flexibility index (Phi) is 36.4. The van der Waals surface area contributed by atoms with Crippen LogP contribution >= 0.6 is 7.82 Å². The van der Waals surface area contributed by atoms with Crippen LogP contribution in [0.3, 0.4) is 0 Å². The van der Waals surface area contributed by atoms with Gasteiger partial charge in [-0.05, 0) is 70.6 Å². The molecule has 10 heteroatoms. The number of hydrogen-bond acceptors (Lipinski definition) is 7. The largest absolute Gasteiger partial charge is 0.469 e. The molecule has 0 aliphatic carbocycles. The van der Waals surface area contributed by atoms with Crippen molar-refractivity contribution in [2.24, 2.45) is 5.92 Å². The fourth-order valence-electron chi connectivity index (χ4n) is 5.86. The van der Waals surface area contributed by atoms with Gasteiger partial charge in [0.2, 0.25) is 0 Å². The smallest absolute Gasteiger partial charge is 0.462 e. The van der Waals surface area contributed by atoms with Crippen LogP contribution in [-0.2, 0) is 28.2 Å². The topological polar surface area (TPSA) is 140 Å². The molecule has 0 saturated carbocycles. The maximum Gasteiger partial charge on any atom is 0.469 e. The molecule has 0 bridgehead atoms. The molecule has 0 radical (unpaired) electrons. The SMILES string of the molecule is CC(C)CCCCCCCCCCCCCCCCCC(=O)OC[C@H](COP(=O)(O)O)OC(=O)CCC/C=C\C/C=C\C/C=C\C/C=C\CCC[C@H](C)O. The molecule has 3 N–H and O–H groups in total. The number of phosphoric ester groups is 1. The molecule has 0 amide bonds. The van der Waals surface area contributed by atoms with E-state index in [1.54, 1.807) is 0 Å². The minimum Gasteiger partial charge on any atom is -0.462 e. The molecule has 0 spiro atoms. The molecule has 0 fully saturated rings. The summed E-state index contributed by atoms with van der Waals surface area (Å²) in [5, 5.41) is 9.25. The lowest BCUT2D eigenvalue weighted by Crippen LogP contribution is -2.29. The standard InChI is InChI=1S/C44H79O9P/c1-40(2)34-30-26-22-18-14-10-6-4-8-12-16-20-24-28-32-36-43(46)51-38-42(39-52-54(48,49)50)53-44(47)37-33-29-25-21-17-13-9-5-7-11-15-19-23-27-31-35-41(3)45/h7,9,11,13,19,21,23,25,40-42,45H,4-6,8,10,12,14-18,20,22,24,26-39H2,1-3H3,(H2,48,49,50)/b11-7-,13-9-,23-19-,25-21-/t41-,42+/m0/s1. The third kappa shape index (κ3) is 42.7. The molecule has 314 valence electrons. The Morgan fingerprint density at radius 3 is 1.43 bits per heavy atom. The van der Waals surface area contributed by atoms with Gasteiger partial charge in [-0.3, -0.25) is 14.1 Å². The average molecular weight is 783 g/mol. The van der Waals surface area contributed by atoms with E-state index in [4.69, 9.17) is 19.3 Å². The predicted octanol–water partition coefficient (Wildman–Crippen LogP) is 12.0. The van der Waals surface area contributed by atoms with Crippen molar-refractivity contribution in [3.8, 4) is 0 Å². The van der Waals surface area contributed by atoms with Gasteiger partial charge in [0, 0.05) is 12.8 Å². The molecule has 2 atom stereocenters. The van der Waals surface area contributed by atoms with Crippen LogP contribution in [0.15, 0.2) is 48.6 Å². The second-order valence-electron chi connectivity index (χ2n) is 15.1. The van der Waals surface area contributed by atoms with E-state index < -0.39 is 32.5 Å². The zero-order chi connectivity index (χ0) is 40.0. The maximum absolute atomic E-state index is 12.4. The second-order valence-corrected chi connectivity index (χ2v) is 16.3. The minimum atomic E-state index is -4.78. The molecule has 0 aromatic carbocycles. The number of allylic oxidation sites excluding steroid dienone is 8. The molecule has 0 unspecified atom stereocenters. The molecule has 0 aromatic rings. The normalized spacial score (nSPS) is 13.6. The fraction of sp³-hybridized carbons (Fsp3) is 0.773. The summed E-state index contributed by atoms with van der Waals surface area (Å²) in [6.45, 7) is 5.54. The van der Waals surface area contributed by atoms with Crippen LogP contribution in [0.2, 0.25) is 0 Å². The molecular formula is C44H79O9P. The number of aliphatic hydroxyl groups excluding tert-OH is 1. The molecule has 0 aliphatic heterocycles. The Hall–Kier alpha value is -2.03. The van der Waals surface area contributed by atoms with Gasteiger partial charge >= 0.3 is 19.8 Å². The fourth-order valence-corrected chi connectivity index (χ4v) is 6.22. The molecule has 0 heterocycles. The average Bonchev–Trinajstić information content (AvgIpc) is 3.11. The molecule has 9 nitrogen and oxygen atoms in total. The van der Waals surface area contributed by atoms with Crippen molar-refractivity contribution in [2.45, 2.75) is 200 Å². The van der Waals surface area contributed by atoms with Crippen molar-refractivity contribution in [3.63, 3.8) is 0 Å². The zero-order valence-electron chi connectivity index (χ0n) is 34.4. The van der Waals surface area contributed by atoms with Gasteiger partial charge in [0.1, 0.15) is 6.61 Å². The summed E-state index contributed by atoms with van der Waals surface area (Å²) < 4.78 is 26.3. The van der Waals surface area contributed by atoms with Crippen molar-refractivity contribution in [2.75, 3.05) is 13.2 Å². The van der Waals surface area contributed by atoms with Crippen molar-refractivity contribution in [1.29, 1.82) is 0 Å². The number of aliphatic hydroxyl groups is 1.